The maximum absolute atomic E-state index is 7.31. The van der Waals surface area contributed by atoms with Gasteiger partial charge in [0.25, 0.3) is 0 Å². The van der Waals surface area contributed by atoms with Gasteiger partial charge in [0.1, 0.15) is 5.58 Å². The van der Waals surface area contributed by atoms with E-state index in [9.17, 15) is 0 Å². The molecule has 0 aliphatic rings. The molecule has 0 N–H and O–H groups in total. The second-order valence-electron chi connectivity index (χ2n) is 16.5. The number of hydrogen-bond acceptors (Lipinski definition) is 3. The molecular formula is C62H42N2O. The fourth-order valence-corrected chi connectivity index (χ4v) is 9.53. The van der Waals surface area contributed by atoms with Crippen molar-refractivity contribution in [2.75, 3.05) is 9.80 Å². The van der Waals surface area contributed by atoms with E-state index in [4.69, 9.17) is 4.42 Å². The van der Waals surface area contributed by atoms with Crippen molar-refractivity contribution in [3.8, 4) is 33.4 Å². The van der Waals surface area contributed by atoms with Crippen LogP contribution in [-0.4, -0.2) is 0 Å². The molecule has 0 fully saturated rings. The van der Waals surface area contributed by atoms with Crippen molar-refractivity contribution < 1.29 is 4.42 Å². The van der Waals surface area contributed by atoms with E-state index in [-0.39, 0.29) is 0 Å². The normalized spacial score (nSPS) is 11.4. The molecule has 0 bridgehead atoms. The number of fused-ring (bicyclic) bond motifs is 6. The number of nitrogens with zero attached hydrogens (tertiary/aromatic N) is 2. The van der Waals surface area contributed by atoms with E-state index < -0.39 is 0 Å². The van der Waals surface area contributed by atoms with E-state index in [1.54, 1.807) is 0 Å². The summed E-state index contributed by atoms with van der Waals surface area (Å²) in [6, 6.07) is 91.1. The van der Waals surface area contributed by atoms with Gasteiger partial charge >= 0.3 is 0 Å². The Kier molecular flexibility index (Phi) is 9.50. The maximum atomic E-state index is 7.31. The lowest BCUT2D eigenvalue weighted by molar-refractivity contribution is 0.673. The highest BCUT2D eigenvalue weighted by molar-refractivity contribution is 6.22. The summed E-state index contributed by atoms with van der Waals surface area (Å²) in [4.78, 5) is 4.71. The fraction of sp³-hybridized carbons (Fsp3) is 0. The van der Waals surface area contributed by atoms with Crippen molar-refractivity contribution in [3.05, 3.63) is 255 Å². The summed E-state index contributed by atoms with van der Waals surface area (Å²) >= 11 is 0. The monoisotopic (exact) mass is 830 g/mol. The Morgan fingerprint density at radius 1 is 0.262 bits per heavy atom. The predicted molar refractivity (Wildman–Crippen MR) is 274 cm³/mol. The molecular weight excluding hydrogens is 789 g/mol. The molecule has 12 aromatic rings. The lowest BCUT2D eigenvalue weighted by atomic mass is 9.97. The van der Waals surface area contributed by atoms with Crippen molar-refractivity contribution in [3.63, 3.8) is 0 Å². The van der Waals surface area contributed by atoms with Crippen LogP contribution in [0.4, 0.5) is 34.1 Å². The molecule has 0 saturated carbocycles. The first kappa shape index (κ1) is 38.0. The number of benzene rings is 11. The van der Waals surface area contributed by atoms with Gasteiger partial charge < -0.3 is 14.2 Å². The zero-order chi connectivity index (χ0) is 43.1. The molecule has 0 saturated heterocycles. The van der Waals surface area contributed by atoms with Crippen LogP contribution in [0.3, 0.4) is 0 Å². The molecule has 0 aliphatic heterocycles. The molecule has 0 unspecified atom stereocenters. The van der Waals surface area contributed by atoms with Crippen molar-refractivity contribution >= 4 is 77.6 Å². The molecule has 0 atom stereocenters. The molecule has 306 valence electrons. The standard InChI is InChI=1S/C62H42N2O/c1-4-16-43(17-5-1)44-30-32-45(33-31-44)46-34-37-52(38-35-46)63(50-22-6-2-7-23-50)58-40-41-59(62-60(58)57-39-36-48-19-11-13-28-56(48)61(57)65-62)64(51-24-8-3-9-25-51)53-26-14-21-49(42-53)55-29-15-20-47-18-10-12-27-54(47)55/h1-42H. The highest BCUT2D eigenvalue weighted by Gasteiger charge is 2.26. The summed E-state index contributed by atoms with van der Waals surface area (Å²) in [6.07, 6.45) is 0. The van der Waals surface area contributed by atoms with E-state index >= 15 is 0 Å². The van der Waals surface area contributed by atoms with E-state index in [0.717, 1.165) is 78.0 Å². The molecule has 0 spiro atoms. The molecule has 11 aromatic carbocycles. The minimum absolute atomic E-state index is 0.810. The van der Waals surface area contributed by atoms with Gasteiger partial charge in [-0.15, -0.1) is 0 Å². The summed E-state index contributed by atoms with van der Waals surface area (Å²) < 4.78 is 7.31. The van der Waals surface area contributed by atoms with Gasteiger partial charge in [-0.2, -0.15) is 0 Å². The van der Waals surface area contributed by atoms with Crippen molar-refractivity contribution in [1.29, 1.82) is 0 Å². The third kappa shape index (κ3) is 6.87. The number of furan rings is 1. The van der Waals surface area contributed by atoms with Gasteiger partial charge in [0, 0.05) is 33.5 Å². The molecule has 3 heteroatoms. The van der Waals surface area contributed by atoms with Gasteiger partial charge in [-0.25, -0.2) is 0 Å². The Labute approximate surface area is 378 Å². The lowest BCUT2D eigenvalue weighted by Crippen LogP contribution is -2.13. The van der Waals surface area contributed by atoms with Gasteiger partial charge in [0.05, 0.1) is 16.8 Å². The Balaban J connectivity index is 1.05. The van der Waals surface area contributed by atoms with Gasteiger partial charge in [-0.05, 0) is 116 Å². The first-order valence-electron chi connectivity index (χ1n) is 22.2. The minimum Gasteiger partial charge on any atom is -0.453 e. The van der Waals surface area contributed by atoms with Crippen molar-refractivity contribution in [2.45, 2.75) is 0 Å². The number of anilines is 6. The van der Waals surface area contributed by atoms with Crippen LogP contribution >= 0.6 is 0 Å². The maximum Gasteiger partial charge on any atom is 0.161 e. The van der Waals surface area contributed by atoms with Crippen LogP contribution in [0.1, 0.15) is 0 Å². The number of para-hydroxylation sites is 2. The Bertz CT molecular complexity index is 3630. The highest BCUT2D eigenvalue weighted by Crippen LogP contribution is 2.50. The zero-order valence-corrected chi connectivity index (χ0v) is 35.6. The van der Waals surface area contributed by atoms with Gasteiger partial charge in [0.15, 0.2) is 5.58 Å². The average molecular weight is 831 g/mol. The first-order valence-corrected chi connectivity index (χ1v) is 22.2. The molecule has 3 nitrogen and oxygen atoms in total. The minimum atomic E-state index is 0.810. The molecule has 12 rings (SSSR count). The smallest absolute Gasteiger partial charge is 0.161 e. The average Bonchev–Trinajstić information content (AvgIpc) is 3.79. The third-order valence-corrected chi connectivity index (χ3v) is 12.6. The number of rotatable bonds is 9. The van der Waals surface area contributed by atoms with E-state index in [0.29, 0.717) is 0 Å². The van der Waals surface area contributed by atoms with Crippen molar-refractivity contribution in [1.82, 2.24) is 0 Å². The summed E-state index contributed by atoms with van der Waals surface area (Å²) in [7, 11) is 0. The van der Waals surface area contributed by atoms with Crippen LogP contribution in [0.5, 0.6) is 0 Å². The predicted octanol–water partition coefficient (Wildman–Crippen LogP) is 17.8. The fourth-order valence-electron chi connectivity index (χ4n) is 9.53. The number of hydrogen-bond donors (Lipinski definition) is 0. The van der Waals surface area contributed by atoms with E-state index in [1.807, 2.05) is 0 Å². The summed E-state index contributed by atoms with van der Waals surface area (Å²) in [6.45, 7) is 0. The van der Waals surface area contributed by atoms with Crippen LogP contribution in [0.25, 0.3) is 76.9 Å². The van der Waals surface area contributed by atoms with E-state index in [1.165, 1.54) is 33.0 Å². The van der Waals surface area contributed by atoms with E-state index in [2.05, 4.69) is 265 Å². The van der Waals surface area contributed by atoms with Gasteiger partial charge in [-0.3, -0.25) is 0 Å². The van der Waals surface area contributed by atoms with Crippen LogP contribution in [0.15, 0.2) is 259 Å². The molecule has 1 heterocycles. The van der Waals surface area contributed by atoms with Crippen molar-refractivity contribution in [2.24, 2.45) is 0 Å². The molecule has 0 amide bonds. The zero-order valence-electron chi connectivity index (χ0n) is 35.6. The summed E-state index contributed by atoms with van der Waals surface area (Å²) in [5, 5.41) is 6.76. The Morgan fingerprint density at radius 3 is 1.40 bits per heavy atom. The first-order chi connectivity index (χ1) is 32.2. The second kappa shape index (κ2) is 16.2. The summed E-state index contributed by atoms with van der Waals surface area (Å²) in [5.41, 5.74) is 14.9. The summed E-state index contributed by atoms with van der Waals surface area (Å²) in [5.74, 6) is 0. The quantitative estimate of drug-likeness (QED) is 0.144. The molecule has 0 aliphatic carbocycles. The Hall–Kier alpha value is -8.66. The molecule has 0 radical (unpaired) electrons. The van der Waals surface area contributed by atoms with Crippen LogP contribution in [0, 0.1) is 0 Å². The van der Waals surface area contributed by atoms with Crippen LogP contribution in [-0.2, 0) is 0 Å². The largest absolute Gasteiger partial charge is 0.453 e. The Morgan fingerprint density at radius 2 is 0.723 bits per heavy atom. The molecule has 65 heavy (non-hydrogen) atoms. The van der Waals surface area contributed by atoms with Crippen LogP contribution in [0.2, 0.25) is 0 Å². The topological polar surface area (TPSA) is 19.6 Å². The highest BCUT2D eigenvalue weighted by atomic mass is 16.3. The SMILES string of the molecule is c1ccc(-c2ccc(-c3ccc(N(c4ccccc4)c4ccc(N(c5ccccc5)c5cccc(-c6cccc7ccccc67)c5)c5oc6c7ccccc7ccc6c45)cc3)cc2)cc1. The van der Waals surface area contributed by atoms with Gasteiger partial charge in [-0.1, -0.05) is 188 Å². The third-order valence-electron chi connectivity index (χ3n) is 12.6. The van der Waals surface area contributed by atoms with Crippen LogP contribution < -0.4 is 9.80 Å². The van der Waals surface area contributed by atoms with Gasteiger partial charge in [0.2, 0.25) is 0 Å². The molecule has 1 aromatic heterocycles. The second-order valence-corrected chi connectivity index (χ2v) is 16.5. The lowest BCUT2D eigenvalue weighted by Gasteiger charge is -2.29.